The fourth-order valence-electron chi connectivity index (χ4n) is 4.00. The minimum absolute atomic E-state index is 0.0415. The predicted molar refractivity (Wildman–Crippen MR) is 103 cm³/mol. The van der Waals surface area contributed by atoms with Crippen LogP contribution in [0.1, 0.15) is 18.4 Å². The summed E-state index contributed by atoms with van der Waals surface area (Å²) in [6, 6.07) is 4.44. The number of piperidine rings is 1. The molecule has 3 aliphatic heterocycles. The van der Waals surface area contributed by atoms with Gasteiger partial charge in [-0.3, -0.25) is 19.7 Å². The van der Waals surface area contributed by atoms with E-state index in [4.69, 9.17) is 0 Å². The lowest BCUT2D eigenvalue weighted by Crippen LogP contribution is -2.67. The number of benzene rings is 1. The van der Waals surface area contributed by atoms with Crippen LogP contribution in [0.25, 0.3) is 0 Å². The van der Waals surface area contributed by atoms with E-state index < -0.39 is 12.1 Å². The van der Waals surface area contributed by atoms with Gasteiger partial charge in [-0.2, -0.15) is 0 Å². The maximum Gasteiger partial charge on any atom is 0.246 e. The van der Waals surface area contributed by atoms with Crippen LogP contribution in [0, 0.1) is 5.82 Å². The largest absolute Gasteiger partial charge is 0.352 e. The molecule has 3 aliphatic rings. The number of hydrogen-bond acceptors (Lipinski definition) is 5. The van der Waals surface area contributed by atoms with Gasteiger partial charge < -0.3 is 15.5 Å². The maximum atomic E-state index is 13.1. The van der Waals surface area contributed by atoms with Gasteiger partial charge in [0, 0.05) is 30.6 Å². The van der Waals surface area contributed by atoms with Crippen molar-refractivity contribution in [2.24, 2.45) is 0 Å². The Balaban J connectivity index is 1.37. The zero-order chi connectivity index (χ0) is 19.7. The van der Waals surface area contributed by atoms with Crippen LogP contribution < -0.4 is 16.0 Å². The SMILES string of the molecule is O=C(N[C@H]1CCN2C(=O)[C@H](Cc3ccc(F)cc3)NC(=O)[C@@H]2C1)[C@@H]1CSCN1. The molecule has 28 heavy (non-hydrogen) atoms. The van der Waals surface area contributed by atoms with Crippen molar-refractivity contribution in [3.63, 3.8) is 0 Å². The molecule has 3 N–H and O–H groups in total. The second kappa shape index (κ2) is 8.08. The molecule has 150 valence electrons. The standard InChI is InChI=1S/C19H23FN4O3S/c20-12-3-1-11(2-4-12)7-14-19(27)24-6-5-13(8-16(24)18(26)23-14)22-17(25)15-9-28-10-21-15/h1-4,13-16,21H,5-10H2,(H,22,25)(H,23,26)/t13-,14-,15-,16-/m0/s1. The number of piperazine rings is 1. The summed E-state index contributed by atoms with van der Waals surface area (Å²) in [5, 5.41) is 8.96. The van der Waals surface area contributed by atoms with Crippen LogP contribution in [-0.4, -0.2) is 65.0 Å². The van der Waals surface area contributed by atoms with Crippen LogP contribution in [0.4, 0.5) is 4.39 Å². The number of hydrogen-bond donors (Lipinski definition) is 3. The van der Waals surface area contributed by atoms with E-state index in [0.29, 0.717) is 25.8 Å². The molecule has 4 rings (SSSR count). The van der Waals surface area contributed by atoms with E-state index in [2.05, 4.69) is 16.0 Å². The Bertz CT molecular complexity index is 769. The average Bonchev–Trinajstić information content (AvgIpc) is 3.23. The highest BCUT2D eigenvalue weighted by Gasteiger charge is 2.44. The highest BCUT2D eigenvalue weighted by molar-refractivity contribution is 7.99. The number of halogens is 1. The molecule has 0 radical (unpaired) electrons. The van der Waals surface area contributed by atoms with Gasteiger partial charge in [0.25, 0.3) is 0 Å². The number of fused-ring (bicyclic) bond motifs is 1. The topological polar surface area (TPSA) is 90.5 Å². The Hall–Kier alpha value is -2.13. The maximum absolute atomic E-state index is 13.1. The molecular weight excluding hydrogens is 383 g/mol. The molecule has 0 aliphatic carbocycles. The van der Waals surface area contributed by atoms with E-state index in [1.54, 1.807) is 28.8 Å². The first-order valence-corrected chi connectivity index (χ1v) is 10.6. The van der Waals surface area contributed by atoms with Gasteiger partial charge in [0.05, 0.1) is 6.04 Å². The molecule has 3 saturated heterocycles. The number of rotatable bonds is 4. The molecule has 1 aromatic carbocycles. The third-order valence-corrected chi connectivity index (χ3v) is 6.47. The first-order chi connectivity index (χ1) is 13.5. The summed E-state index contributed by atoms with van der Waals surface area (Å²) in [6.45, 7) is 0.439. The van der Waals surface area contributed by atoms with E-state index >= 15 is 0 Å². The third-order valence-electron chi connectivity index (χ3n) is 5.54. The molecule has 3 amide bonds. The van der Waals surface area contributed by atoms with Gasteiger partial charge in [-0.25, -0.2) is 4.39 Å². The lowest BCUT2D eigenvalue weighted by atomic mass is 9.91. The van der Waals surface area contributed by atoms with Crippen LogP contribution in [0.15, 0.2) is 24.3 Å². The van der Waals surface area contributed by atoms with Gasteiger partial charge in [0.15, 0.2) is 0 Å². The minimum atomic E-state index is -0.639. The normalized spacial score (nSPS) is 30.0. The Morgan fingerprint density at radius 3 is 2.79 bits per heavy atom. The van der Waals surface area contributed by atoms with E-state index in [9.17, 15) is 18.8 Å². The molecule has 0 aromatic heterocycles. The number of nitrogens with zero attached hydrogens (tertiary/aromatic N) is 1. The van der Waals surface area contributed by atoms with Gasteiger partial charge in [-0.15, -0.1) is 11.8 Å². The van der Waals surface area contributed by atoms with Crippen LogP contribution in [-0.2, 0) is 20.8 Å². The Labute approximate surface area is 166 Å². The molecule has 7 nitrogen and oxygen atoms in total. The van der Waals surface area contributed by atoms with Crippen molar-refractivity contribution in [3.05, 3.63) is 35.6 Å². The predicted octanol–water partition coefficient (Wildman–Crippen LogP) is 0.00490. The third kappa shape index (κ3) is 4.00. The van der Waals surface area contributed by atoms with Gasteiger partial charge in [0.1, 0.15) is 17.9 Å². The monoisotopic (exact) mass is 406 g/mol. The van der Waals surface area contributed by atoms with Crippen LogP contribution in [0.3, 0.4) is 0 Å². The molecule has 3 heterocycles. The van der Waals surface area contributed by atoms with Crippen LogP contribution in [0.5, 0.6) is 0 Å². The van der Waals surface area contributed by atoms with Gasteiger partial charge in [0.2, 0.25) is 17.7 Å². The van der Waals surface area contributed by atoms with E-state index in [1.807, 2.05) is 0 Å². The van der Waals surface area contributed by atoms with Crippen molar-refractivity contribution in [1.29, 1.82) is 0 Å². The second-order valence-corrected chi connectivity index (χ2v) is 8.47. The second-order valence-electron chi connectivity index (χ2n) is 7.44. The number of nitrogens with one attached hydrogen (secondary N) is 3. The summed E-state index contributed by atoms with van der Waals surface area (Å²) in [5.74, 6) is 0.829. The molecule has 9 heteroatoms. The molecule has 0 unspecified atom stereocenters. The highest BCUT2D eigenvalue weighted by atomic mass is 32.2. The zero-order valence-corrected chi connectivity index (χ0v) is 16.1. The fourth-order valence-corrected chi connectivity index (χ4v) is 4.94. The Morgan fingerprint density at radius 2 is 2.07 bits per heavy atom. The molecule has 1 aromatic rings. The van der Waals surface area contributed by atoms with Gasteiger partial charge in [-0.1, -0.05) is 12.1 Å². The smallest absolute Gasteiger partial charge is 0.246 e. The first kappa shape index (κ1) is 19.2. The number of thioether (sulfide) groups is 1. The summed E-state index contributed by atoms with van der Waals surface area (Å²) in [6.07, 6.45) is 1.39. The summed E-state index contributed by atoms with van der Waals surface area (Å²) in [5.41, 5.74) is 0.794. The van der Waals surface area contributed by atoms with Gasteiger partial charge in [-0.05, 0) is 30.5 Å². The van der Waals surface area contributed by atoms with Crippen molar-refractivity contribution in [3.8, 4) is 0 Å². The lowest BCUT2D eigenvalue weighted by molar-refractivity contribution is -0.151. The lowest BCUT2D eigenvalue weighted by Gasteiger charge is -2.44. The van der Waals surface area contributed by atoms with Crippen LogP contribution in [0.2, 0.25) is 0 Å². The van der Waals surface area contributed by atoms with Crippen molar-refractivity contribution in [2.45, 2.75) is 43.4 Å². The van der Waals surface area contributed by atoms with Crippen molar-refractivity contribution in [2.75, 3.05) is 18.2 Å². The zero-order valence-electron chi connectivity index (χ0n) is 15.3. The van der Waals surface area contributed by atoms with E-state index in [1.165, 1.54) is 12.1 Å². The molecule has 4 atom stereocenters. The molecular formula is C19H23FN4O3S. The van der Waals surface area contributed by atoms with Gasteiger partial charge >= 0.3 is 0 Å². The number of carbonyl (C=O) groups is 3. The molecule has 0 saturated carbocycles. The van der Waals surface area contributed by atoms with Crippen LogP contribution >= 0.6 is 11.8 Å². The van der Waals surface area contributed by atoms with Crippen molar-refractivity contribution >= 4 is 29.5 Å². The fraction of sp³-hybridized carbons (Fsp3) is 0.526. The molecule has 0 bridgehead atoms. The summed E-state index contributed by atoms with van der Waals surface area (Å²) < 4.78 is 13.1. The van der Waals surface area contributed by atoms with Crippen molar-refractivity contribution in [1.82, 2.24) is 20.9 Å². The Morgan fingerprint density at radius 1 is 1.29 bits per heavy atom. The first-order valence-electron chi connectivity index (χ1n) is 9.48. The number of carbonyl (C=O) groups excluding carboxylic acids is 3. The molecule has 0 spiro atoms. The number of amides is 3. The van der Waals surface area contributed by atoms with E-state index in [0.717, 1.165) is 17.2 Å². The summed E-state index contributed by atoms with van der Waals surface area (Å²) >= 11 is 1.68. The highest BCUT2D eigenvalue weighted by Crippen LogP contribution is 2.24. The Kier molecular flexibility index (Phi) is 5.54. The van der Waals surface area contributed by atoms with Crippen molar-refractivity contribution < 1.29 is 18.8 Å². The summed E-state index contributed by atoms with van der Waals surface area (Å²) in [7, 11) is 0. The molecule has 3 fully saturated rings. The summed E-state index contributed by atoms with van der Waals surface area (Å²) in [4.78, 5) is 39.4. The quantitative estimate of drug-likeness (QED) is 0.655. The van der Waals surface area contributed by atoms with E-state index in [-0.39, 0.29) is 35.6 Å². The minimum Gasteiger partial charge on any atom is -0.352 e. The average molecular weight is 406 g/mol.